The van der Waals surface area contributed by atoms with Crippen LogP contribution in [-0.2, 0) is 0 Å². The normalized spacial score (nSPS) is 12.6. The summed E-state index contributed by atoms with van der Waals surface area (Å²) in [6.45, 7) is 0.519. The number of nitrogens with two attached hydrogens (primary N) is 1. The topological polar surface area (TPSA) is 74.7 Å². The SMILES string of the molecule is CCN(CC(F)(F)F)c1ncccc1C(N)=NO. The second kappa shape index (κ2) is 5.56. The molecule has 0 aliphatic carbocycles. The third-order valence-electron chi connectivity index (χ3n) is 2.22. The van der Waals surface area contributed by atoms with Gasteiger partial charge in [-0.15, -0.1) is 0 Å². The molecule has 1 rings (SSSR count). The zero-order valence-corrected chi connectivity index (χ0v) is 9.65. The molecule has 1 aromatic rings. The molecule has 0 radical (unpaired) electrons. The molecule has 0 saturated heterocycles. The van der Waals surface area contributed by atoms with Gasteiger partial charge >= 0.3 is 6.18 Å². The fourth-order valence-electron chi connectivity index (χ4n) is 1.46. The highest BCUT2D eigenvalue weighted by Crippen LogP contribution is 2.23. The number of aromatic nitrogens is 1. The zero-order chi connectivity index (χ0) is 13.8. The van der Waals surface area contributed by atoms with E-state index in [0.717, 1.165) is 4.90 Å². The molecule has 0 spiro atoms. The van der Waals surface area contributed by atoms with Crippen LogP contribution in [0.1, 0.15) is 12.5 Å². The number of rotatable bonds is 4. The predicted octanol–water partition coefficient (Wildman–Crippen LogP) is 1.56. The van der Waals surface area contributed by atoms with E-state index in [9.17, 15) is 13.2 Å². The molecule has 0 bridgehead atoms. The first-order valence-corrected chi connectivity index (χ1v) is 5.13. The van der Waals surface area contributed by atoms with E-state index < -0.39 is 12.7 Å². The number of anilines is 1. The molecule has 0 fully saturated rings. The summed E-state index contributed by atoms with van der Waals surface area (Å²) in [5.74, 6) is -0.244. The van der Waals surface area contributed by atoms with Crippen molar-refractivity contribution in [3.05, 3.63) is 23.9 Å². The van der Waals surface area contributed by atoms with Crippen LogP contribution in [0.15, 0.2) is 23.5 Å². The first-order chi connectivity index (χ1) is 8.39. The second-order valence-electron chi connectivity index (χ2n) is 3.49. The maximum absolute atomic E-state index is 12.4. The van der Waals surface area contributed by atoms with Crippen molar-refractivity contribution in [2.45, 2.75) is 13.1 Å². The molecule has 18 heavy (non-hydrogen) atoms. The van der Waals surface area contributed by atoms with E-state index in [-0.39, 0.29) is 23.8 Å². The maximum Gasteiger partial charge on any atom is 0.405 e. The van der Waals surface area contributed by atoms with Crippen molar-refractivity contribution in [1.29, 1.82) is 0 Å². The van der Waals surface area contributed by atoms with E-state index >= 15 is 0 Å². The number of halogens is 3. The van der Waals surface area contributed by atoms with Gasteiger partial charge in [-0.2, -0.15) is 13.2 Å². The molecule has 5 nitrogen and oxygen atoms in total. The Morgan fingerprint density at radius 1 is 1.56 bits per heavy atom. The summed E-state index contributed by atoms with van der Waals surface area (Å²) in [5.41, 5.74) is 5.56. The lowest BCUT2D eigenvalue weighted by Gasteiger charge is -2.24. The minimum Gasteiger partial charge on any atom is -0.409 e. The molecule has 100 valence electrons. The summed E-state index contributed by atoms with van der Waals surface area (Å²) in [6.07, 6.45) is -3.00. The summed E-state index contributed by atoms with van der Waals surface area (Å²) < 4.78 is 37.2. The van der Waals surface area contributed by atoms with Gasteiger partial charge in [0.15, 0.2) is 5.84 Å². The fourth-order valence-corrected chi connectivity index (χ4v) is 1.46. The number of amidine groups is 1. The zero-order valence-electron chi connectivity index (χ0n) is 9.65. The Morgan fingerprint density at radius 2 is 2.22 bits per heavy atom. The van der Waals surface area contributed by atoms with Gasteiger partial charge in [-0.3, -0.25) is 0 Å². The van der Waals surface area contributed by atoms with Crippen molar-refractivity contribution in [3.8, 4) is 0 Å². The number of nitrogens with zero attached hydrogens (tertiary/aromatic N) is 3. The largest absolute Gasteiger partial charge is 0.409 e. The first kappa shape index (κ1) is 14.1. The van der Waals surface area contributed by atoms with Crippen LogP contribution in [0, 0.1) is 0 Å². The molecule has 1 heterocycles. The fraction of sp³-hybridized carbons (Fsp3) is 0.400. The molecule has 8 heteroatoms. The molecule has 3 N–H and O–H groups in total. The predicted molar refractivity (Wildman–Crippen MR) is 60.7 cm³/mol. The van der Waals surface area contributed by atoms with Gasteiger partial charge < -0.3 is 15.8 Å². The quantitative estimate of drug-likeness (QED) is 0.374. The van der Waals surface area contributed by atoms with Crippen molar-refractivity contribution in [3.63, 3.8) is 0 Å². The minimum absolute atomic E-state index is 0.0348. The van der Waals surface area contributed by atoms with E-state index in [1.807, 2.05) is 0 Å². The van der Waals surface area contributed by atoms with Gasteiger partial charge in [0, 0.05) is 12.7 Å². The summed E-state index contributed by atoms with van der Waals surface area (Å²) in [7, 11) is 0. The second-order valence-corrected chi connectivity index (χ2v) is 3.49. The Morgan fingerprint density at radius 3 is 2.72 bits per heavy atom. The van der Waals surface area contributed by atoms with Gasteiger partial charge in [-0.25, -0.2) is 4.98 Å². The molecule has 0 saturated carbocycles. The lowest BCUT2D eigenvalue weighted by molar-refractivity contribution is -0.119. The summed E-state index contributed by atoms with van der Waals surface area (Å²) in [5, 5.41) is 11.4. The van der Waals surface area contributed by atoms with Crippen molar-refractivity contribution >= 4 is 11.7 Å². The van der Waals surface area contributed by atoms with Gasteiger partial charge in [-0.1, -0.05) is 5.16 Å². The van der Waals surface area contributed by atoms with Crippen molar-refractivity contribution in [2.24, 2.45) is 10.9 Å². The van der Waals surface area contributed by atoms with Crippen LogP contribution in [-0.4, -0.2) is 35.3 Å². The molecule has 0 unspecified atom stereocenters. The van der Waals surface area contributed by atoms with Gasteiger partial charge in [-0.05, 0) is 19.1 Å². The van der Waals surface area contributed by atoms with Gasteiger partial charge in [0.2, 0.25) is 0 Å². The summed E-state index contributed by atoms with van der Waals surface area (Å²) in [6, 6.07) is 2.94. The van der Waals surface area contributed by atoms with Crippen LogP contribution in [0.3, 0.4) is 0 Å². The van der Waals surface area contributed by atoms with Crippen molar-refractivity contribution < 1.29 is 18.4 Å². The van der Waals surface area contributed by atoms with Gasteiger partial charge in [0.25, 0.3) is 0 Å². The molecule has 0 aromatic carbocycles. The Kier molecular flexibility index (Phi) is 4.35. The van der Waals surface area contributed by atoms with Crippen LogP contribution in [0.5, 0.6) is 0 Å². The lowest BCUT2D eigenvalue weighted by atomic mass is 10.2. The van der Waals surface area contributed by atoms with Crippen LogP contribution in [0.2, 0.25) is 0 Å². The summed E-state index contributed by atoms with van der Waals surface area (Å²) >= 11 is 0. The highest BCUT2D eigenvalue weighted by Gasteiger charge is 2.31. The van der Waals surface area contributed by atoms with Crippen LogP contribution in [0.25, 0.3) is 0 Å². The molecule has 0 aliphatic rings. The molecular formula is C10H13F3N4O. The highest BCUT2D eigenvalue weighted by molar-refractivity contribution is 6.01. The summed E-state index contributed by atoms with van der Waals surface area (Å²) in [4.78, 5) is 4.86. The van der Waals surface area contributed by atoms with Gasteiger partial charge in [0.1, 0.15) is 12.4 Å². The average Bonchev–Trinajstić information content (AvgIpc) is 2.34. The number of hydrogen-bond acceptors (Lipinski definition) is 4. The Hall–Kier alpha value is -1.99. The van der Waals surface area contributed by atoms with E-state index in [4.69, 9.17) is 10.9 Å². The smallest absolute Gasteiger partial charge is 0.405 e. The first-order valence-electron chi connectivity index (χ1n) is 5.13. The molecule has 0 aliphatic heterocycles. The third kappa shape index (κ3) is 3.51. The number of alkyl halides is 3. The van der Waals surface area contributed by atoms with E-state index in [1.165, 1.54) is 18.3 Å². The van der Waals surface area contributed by atoms with Crippen molar-refractivity contribution in [1.82, 2.24) is 4.98 Å². The Balaban J connectivity index is 3.14. The van der Waals surface area contributed by atoms with E-state index in [0.29, 0.717) is 0 Å². The Bertz CT molecular complexity index is 433. The minimum atomic E-state index is -4.35. The highest BCUT2D eigenvalue weighted by atomic mass is 19.4. The number of pyridine rings is 1. The monoisotopic (exact) mass is 262 g/mol. The Labute approximate surface area is 102 Å². The van der Waals surface area contributed by atoms with E-state index in [1.54, 1.807) is 6.92 Å². The third-order valence-corrected chi connectivity index (χ3v) is 2.22. The standard InChI is InChI=1S/C10H13F3N4O/c1-2-17(6-10(11,12)13)9-7(8(14)16-18)4-3-5-15-9/h3-5,18H,2,6H2,1H3,(H2,14,16). The van der Waals surface area contributed by atoms with Crippen LogP contribution < -0.4 is 10.6 Å². The van der Waals surface area contributed by atoms with E-state index in [2.05, 4.69) is 10.1 Å². The lowest BCUT2D eigenvalue weighted by Crippen LogP contribution is -2.36. The number of hydrogen-bond donors (Lipinski definition) is 2. The van der Waals surface area contributed by atoms with Gasteiger partial charge in [0.05, 0.1) is 5.56 Å². The molecule has 0 atom stereocenters. The molecule has 0 amide bonds. The molecule has 1 aromatic heterocycles. The maximum atomic E-state index is 12.4. The van der Waals surface area contributed by atoms with Crippen LogP contribution in [0.4, 0.5) is 19.0 Å². The van der Waals surface area contributed by atoms with Crippen molar-refractivity contribution in [2.75, 3.05) is 18.0 Å². The molecular weight excluding hydrogens is 249 g/mol. The number of oxime groups is 1. The average molecular weight is 262 g/mol. The van der Waals surface area contributed by atoms with Crippen LogP contribution >= 0.6 is 0 Å².